The molecular weight excluding hydrogens is 322 g/mol. The summed E-state index contributed by atoms with van der Waals surface area (Å²) >= 11 is 6.04. The third-order valence-electron chi connectivity index (χ3n) is 2.99. The van der Waals surface area contributed by atoms with E-state index in [-0.39, 0.29) is 34.6 Å². The molecule has 6 nitrogen and oxygen atoms in total. The first kappa shape index (κ1) is 19.0. The molecule has 0 saturated carbocycles. The summed E-state index contributed by atoms with van der Waals surface area (Å²) in [5, 5.41) is 2.69. The summed E-state index contributed by atoms with van der Waals surface area (Å²) in [6.45, 7) is 6.22. The maximum atomic E-state index is 12.1. The molecule has 126 valence electrons. The quantitative estimate of drug-likeness (QED) is 0.832. The van der Waals surface area contributed by atoms with Crippen LogP contribution in [0.4, 0.5) is 5.69 Å². The van der Waals surface area contributed by atoms with Crippen molar-refractivity contribution in [3.05, 3.63) is 22.7 Å². The average Bonchev–Trinajstić information content (AvgIpc) is 2.44. The van der Waals surface area contributed by atoms with Crippen molar-refractivity contribution in [2.75, 3.05) is 19.0 Å². The van der Waals surface area contributed by atoms with Crippen LogP contribution in [0.15, 0.2) is 12.1 Å². The number of esters is 1. The van der Waals surface area contributed by atoms with Crippen LogP contribution in [0.3, 0.4) is 0 Å². The molecule has 1 rings (SSSR count). The molecule has 0 atom stereocenters. The first-order valence-electron chi connectivity index (χ1n) is 6.91. The van der Waals surface area contributed by atoms with Gasteiger partial charge in [0.2, 0.25) is 5.91 Å². The van der Waals surface area contributed by atoms with Gasteiger partial charge in [-0.25, -0.2) is 4.79 Å². The monoisotopic (exact) mass is 341 g/mol. The molecule has 0 spiro atoms. The lowest BCUT2D eigenvalue weighted by Crippen LogP contribution is -2.26. The Bertz CT molecular complexity index is 634. The minimum Gasteiger partial charge on any atom is -0.496 e. The van der Waals surface area contributed by atoms with Gasteiger partial charge in [0.1, 0.15) is 11.3 Å². The van der Waals surface area contributed by atoms with E-state index in [4.69, 9.17) is 21.1 Å². The lowest BCUT2D eigenvalue weighted by atomic mass is 9.91. The molecule has 0 saturated heterocycles. The third-order valence-corrected chi connectivity index (χ3v) is 3.30. The molecule has 0 aliphatic rings. The molecule has 0 unspecified atom stereocenters. The molecule has 0 fully saturated rings. The predicted octanol–water partition coefficient (Wildman–Crippen LogP) is 3.08. The Morgan fingerprint density at radius 3 is 2.30 bits per heavy atom. The molecule has 7 heteroatoms. The van der Waals surface area contributed by atoms with E-state index in [0.29, 0.717) is 5.69 Å². The molecular formula is C16H20ClNO5. The number of ether oxygens (including phenoxy) is 2. The Morgan fingerprint density at radius 1 is 1.22 bits per heavy atom. The summed E-state index contributed by atoms with van der Waals surface area (Å²) in [7, 11) is 1.37. The number of benzene rings is 1. The van der Waals surface area contributed by atoms with E-state index < -0.39 is 11.4 Å². The van der Waals surface area contributed by atoms with E-state index >= 15 is 0 Å². The fraction of sp³-hybridized carbons (Fsp3) is 0.438. The van der Waals surface area contributed by atoms with Gasteiger partial charge in [0.05, 0.1) is 17.8 Å². The molecule has 23 heavy (non-hydrogen) atoms. The fourth-order valence-corrected chi connectivity index (χ4v) is 1.80. The zero-order chi connectivity index (χ0) is 17.8. The molecule has 0 heterocycles. The van der Waals surface area contributed by atoms with E-state index in [1.54, 1.807) is 20.8 Å². The van der Waals surface area contributed by atoms with Crippen molar-refractivity contribution in [3.8, 4) is 5.75 Å². The number of carbonyl (C=O) groups excluding carboxylic acids is 3. The van der Waals surface area contributed by atoms with Gasteiger partial charge in [0, 0.05) is 18.4 Å². The Kier molecular flexibility index (Phi) is 6.15. The summed E-state index contributed by atoms with van der Waals surface area (Å²) in [5.74, 6) is -1.05. The Morgan fingerprint density at radius 2 is 1.83 bits per heavy atom. The summed E-state index contributed by atoms with van der Waals surface area (Å²) in [4.78, 5) is 35.1. The molecule has 1 aromatic carbocycles. The number of hydrogen-bond acceptors (Lipinski definition) is 5. The zero-order valence-corrected chi connectivity index (χ0v) is 14.5. The number of nitrogens with one attached hydrogen (secondary N) is 1. The lowest BCUT2D eigenvalue weighted by Gasteiger charge is -2.17. The zero-order valence-electron chi connectivity index (χ0n) is 13.8. The van der Waals surface area contributed by atoms with Crippen LogP contribution in [0.1, 0.15) is 38.1 Å². The number of carbonyl (C=O) groups is 3. The highest BCUT2D eigenvalue weighted by atomic mass is 35.5. The van der Waals surface area contributed by atoms with Crippen molar-refractivity contribution < 1.29 is 23.9 Å². The summed E-state index contributed by atoms with van der Waals surface area (Å²) in [5.41, 5.74) is -0.205. The van der Waals surface area contributed by atoms with Crippen molar-refractivity contribution in [1.82, 2.24) is 0 Å². The van der Waals surface area contributed by atoms with Gasteiger partial charge in [-0.2, -0.15) is 0 Å². The third kappa shape index (κ3) is 5.25. The van der Waals surface area contributed by atoms with Gasteiger partial charge in [-0.3, -0.25) is 9.59 Å². The Balaban J connectivity index is 2.98. The second-order valence-corrected chi connectivity index (χ2v) is 6.37. The number of amides is 1. The van der Waals surface area contributed by atoms with Crippen LogP contribution in [-0.4, -0.2) is 31.4 Å². The van der Waals surface area contributed by atoms with Crippen molar-refractivity contribution >= 4 is 34.9 Å². The highest BCUT2D eigenvalue weighted by molar-refractivity contribution is 6.34. The molecule has 0 bridgehead atoms. The van der Waals surface area contributed by atoms with Gasteiger partial charge in [-0.1, -0.05) is 32.4 Å². The number of Topliss-reactive ketones (excluding diaryl/α,β-unsaturated/α-hetero) is 1. The first-order chi connectivity index (χ1) is 10.6. The predicted molar refractivity (Wildman–Crippen MR) is 87.1 cm³/mol. The van der Waals surface area contributed by atoms with Crippen molar-refractivity contribution in [2.45, 2.75) is 27.7 Å². The first-order valence-corrected chi connectivity index (χ1v) is 7.29. The van der Waals surface area contributed by atoms with Gasteiger partial charge in [-0.05, 0) is 6.07 Å². The maximum Gasteiger partial charge on any atom is 0.342 e. The molecule has 1 N–H and O–H groups in total. The molecule has 1 aromatic rings. The number of methoxy groups -OCH3 is 1. The highest BCUT2D eigenvalue weighted by Gasteiger charge is 2.24. The number of anilines is 1. The van der Waals surface area contributed by atoms with Crippen LogP contribution in [-0.2, 0) is 14.3 Å². The van der Waals surface area contributed by atoms with Crippen LogP contribution < -0.4 is 10.1 Å². The van der Waals surface area contributed by atoms with Crippen molar-refractivity contribution in [1.29, 1.82) is 0 Å². The second kappa shape index (κ2) is 7.46. The van der Waals surface area contributed by atoms with Crippen molar-refractivity contribution in [2.24, 2.45) is 5.41 Å². The van der Waals surface area contributed by atoms with Gasteiger partial charge < -0.3 is 14.8 Å². The Labute approximate surface area is 140 Å². The van der Waals surface area contributed by atoms with Crippen LogP contribution in [0.25, 0.3) is 0 Å². The molecule has 0 radical (unpaired) electrons. The van der Waals surface area contributed by atoms with Gasteiger partial charge in [-0.15, -0.1) is 0 Å². The topological polar surface area (TPSA) is 81.7 Å². The number of rotatable bonds is 5. The summed E-state index contributed by atoms with van der Waals surface area (Å²) in [6, 6.07) is 2.75. The normalized spacial score (nSPS) is 10.9. The second-order valence-electron chi connectivity index (χ2n) is 5.96. The van der Waals surface area contributed by atoms with Crippen LogP contribution in [0.2, 0.25) is 5.02 Å². The van der Waals surface area contributed by atoms with E-state index in [1.165, 1.54) is 26.2 Å². The largest absolute Gasteiger partial charge is 0.496 e. The molecule has 1 amide bonds. The summed E-state index contributed by atoms with van der Waals surface area (Å²) < 4.78 is 10.1. The molecule has 0 aromatic heterocycles. The molecule has 0 aliphatic heterocycles. The van der Waals surface area contributed by atoms with Gasteiger partial charge in [0.15, 0.2) is 12.4 Å². The number of halogens is 1. The SMILES string of the molecule is COc1cc(NC(C)=O)c(Cl)cc1C(=O)OCC(=O)C(C)(C)C. The lowest BCUT2D eigenvalue weighted by molar-refractivity contribution is -0.129. The number of hydrogen-bond donors (Lipinski definition) is 1. The minimum atomic E-state index is -0.726. The minimum absolute atomic E-state index is 0.0771. The van der Waals surface area contributed by atoms with Crippen molar-refractivity contribution in [3.63, 3.8) is 0 Å². The smallest absolute Gasteiger partial charge is 0.342 e. The maximum absolute atomic E-state index is 12.1. The summed E-state index contributed by atoms with van der Waals surface area (Å²) in [6.07, 6.45) is 0. The number of ketones is 1. The van der Waals surface area contributed by atoms with Gasteiger partial charge >= 0.3 is 5.97 Å². The van der Waals surface area contributed by atoms with Gasteiger partial charge in [0.25, 0.3) is 0 Å². The van der Waals surface area contributed by atoms with E-state index in [0.717, 1.165) is 0 Å². The van der Waals surface area contributed by atoms with E-state index in [9.17, 15) is 14.4 Å². The van der Waals surface area contributed by atoms with E-state index in [1.807, 2.05) is 0 Å². The van der Waals surface area contributed by atoms with Crippen LogP contribution in [0, 0.1) is 5.41 Å². The Hall–Kier alpha value is -2.08. The molecule has 0 aliphatic carbocycles. The average molecular weight is 342 g/mol. The standard InChI is InChI=1S/C16H20ClNO5/c1-9(19)18-12-7-13(22-5)10(6-11(12)17)15(21)23-8-14(20)16(2,3)4/h6-7H,8H2,1-5H3,(H,18,19). The van der Waals surface area contributed by atoms with Crippen LogP contribution >= 0.6 is 11.6 Å². The highest BCUT2D eigenvalue weighted by Crippen LogP contribution is 2.31. The fourth-order valence-electron chi connectivity index (χ4n) is 1.59. The van der Waals surface area contributed by atoms with E-state index in [2.05, 4.69) is 5.32 Å². The van der Waals surface area contributed by atoms with Crippen LogP contribution in [0.5, 0.6) is 5.75 Å².